The van der Waals surface area contributed by atoms with E-state index in [0.717, 1.165) is 28.9 Å². The quantitative estimate of drug-likeness (QED) is 0.581. The Hall–Kier alpha value is -1.54. The van der Waals surface area contributed by atoms with Crippen molar-refractivity contribution in [2.45, 2.75) is 31.6 Å². The van der Waals surface area contributed by atoms with Crippen LogP contribution in [0.25, 0.3) is 0 Å². The second-order valence-electron chi connectivity index (χ2n) is 4.72. The third-order valence-electron chi connectivity index (χ3n) is 3.58. The van der Waals surface area contributed by atoms with Crippen LogP contribution in [0.3, 0.4) is 0 Å². The molecule has 0 saturated heterocycles. The summed E-state index contributed by atoms with van der Waals surface area (Å²) in [6.07, 6.45) is 3.98. The molecule has 1 nitrogen and oxygen atoms in total. The van der Waals surface area contributed by atoms with Gasteiger partial charge in [0.1, 0.15) is 0 Å². The van der Waals surface area contributed by atoms with Gasteiger partial charge in [0.2, 0.25) is 0 Å². The molecule has 2 aromatic carbocycles. The van der Waals surface area contributed by atoms with Crippen molar-refractivity contribution in [1.82, 2.24) is 0 Å². The molecule has 20 heavy (non-hydrogen) atoms. The molecule has 0 atom stereocenters. The highest BCUT2D eigenvalue weighted by molar-refractivity contribution is 7.98. The lowest BCUT2D eigenvalue weighted by molar-refractivity contribution is 0.103. The van der Waals surface area contributed by atoms with Crippen LogP contribution in [-0.4, -0.2) is 12.0 Å². The summed E-state index contributed by atoms with van der Waals surface area (Å²) < 4.78 is 0. The van der Waals surface area contributed by atoms with Gasteiger partial charge in [-0.15, -0.1) is 11.8 Å². The molecule has 104 valence electrons. The Bertz CT molecular complexity index is 617. The predicted octanol–water partition coefficient (Wildman–Crippen LogP) is 4.76. The number of thioether (sulfide) groups is 1. The molecule has 0 aliphatic heterocycles. The zero-order valence-electron chi connectivity index (χ0n) is 12.3. The first-order chi connectivity index (χ1) is 9.71. The molecule has 0 aliphatic carbocycles. The highest BCUT2D eigenvalue weighted by Gasteiger charge is 2.14. The molecule has 0 aromatic heterocycles. The van der Waals surface area contributed by atoms with Gasteiger partial charge in [0.25, 0.3) is 0 Å². The van der Waals surface area contributed by atoms with Gasteiger partial charge in [-0.3, -0.25) is 4.79 Å². The van der Waals surface area contributed by atoms with Gasteiger partial charge in [-0.25, -0.2) is 0 Å². The lowest BCUT2D eigenvalue weighted by Gasteiger charge is -2.10. The SMILES string of the molecule is CCc1ccc(C(=O)c2ccccc2SC)cc1CC. The Morgan fingerprint density at radius 3 is 2.35 bits per heavy atom. The molecule has 0 unspecified atom stereocenters. The molecule has 0 saturated carbocycles. The second-order valence-corrected chi connectivity index (χ2v) is 5.57. The molecular weight excluding hydrogens is 264 g/mol. The summed E-state index contributed by atoms with van der Waals surface area (Å²) >= 11 is 1.62. The minimum Gasteiger partial charge on any atom is -0.289 e. The number of carbonyl (C=O) groups is 1. The molecule has 0 aliphatic rings. The standard InChI is InChI=1S/C18H20OS/c1-4-13-10-11-15(12-14(13)5-2)18(19)16-8-6-7-9-17(16)20-3/h6-12H,4-5H2,1-3H3. The van der Waals surface area contributed by atoms with Crippen molar-refractivity contribution in [2.24, 2.45) is 0 Å². The summed E-state index contributed by atoms with van der Waals surface area (Å²) in [7, 11) is 0. The van der Waals surface area contributed by atoms with Crippen molar-refractivity contribution in [3.63, 3.8) is 0 Å². The Morgan fingerprint density at radius 1 is 1.00 bits per heavy atom. The fourth-order valence-corrected chi connectivity index (χ4v) is 3.02. The highest BCUT2D eigenvalue weighted by atomic mass is 32.2. The topological polar surface area (TPSA) is 17.1 Å². The van der Waals surface area contributed by atoms with Crippen molar-refractivity contribution in [3.05, 3.63) is 64.7 Å². The summed E-state index contributed by atoms with van der Waals surface area (Å²) in [6, 6.07) is 13.9. The number of ketones is 1. The van der Waals surface area contributed by atoms with E-state index in [9.17, 15) is 4.79 Å². The van der Waals surface area contributed by atoms with E-state index in [1.54, 1.807) is 11.8 Å². The van der Waals surface area contributed by atoms with Crippen LogP contribution in [-0.2, 0) is 12.8 Å². The van der Waals surface area contributed by atoms with Crippen molar-refractivity contribution in [1.29, 1.82) is 0 Å². The maximum absolute atomic E-state index is 12.7. The first-order valence-electron chi connectivity index (χ1n) is 7.00. The van der Waals surface area contributed by atoms with Crippen LogP contribution in [0.4, 0.5) is 0 Å². The zero-order chi connectivity index (χ0) is 14.5. The van der Waals surface area contributed by atoms with Crippen LogP contribution >= 0.6 is 11.8 Å². The van der Waals surface area contributed by atoms with Crippen molar-refractivity contribution < 1.29 is 4.79 Å². The fraction of sp³-hybridized carbons (Fsp3) is 0.278. The number of benzene rings is 2. The maximum atomic E-state index is 12.7. The monoisotopic (exact) mass is 284 g/mol. The molecule has 0 N–H and O–H groups in total. The number of carbonyl (C=O) groups excluding carboxylic acids is 1. The predicted molar refractivity (Wildman–Crippen MR) is 86.9 cm³/mol. The van der Waals surface area contributed by atoms with Crippen LogP contribution in [0.5, 0.6) is 0 Å². The van der Waals surface area contributed by atoms with Crippen LogP contribution in [0.2, 0.25) is 0 Å². The first-order valence-corrected chi connectivity index (χ1v) is 8.23. The molecule has 0 fully saturated rings. The first kappa shape index (κ1) is 14.9. The van der Waals surface area contributed by atoms with Crippen LogP contribution in [0.15, 0.2) is 47.4 Å². The molecule has 0 spiro atoms. The van der Waals surface area contributed by atoms with E-state index in [2.05, 4.69) is 26.0 Å². The summed E-state index contributed by atoms with van der Waals surface area (Å²) in [4.78, 5) is 13.7. The number of hydrogen-bond donors (Lipinski definition) is 0. The lowest BCUT2D eigenvalue weighted by atomic mass is 9.96. The minimum atomic E-state index is 0.118. The zero-order valence-corrected chi connectivity index (χ0v) is 13.1. The summed E-state index contributed by atoms with van der Waals surface area (Å²) in [6.45, 7) is 4.29. The van der Waals surface area contributed by atoms with E-state index in [0.29, 0.717) is 0 Å². The Balaban J connectivity index is 2.43. The second kappa shape index (κ2) is 6.76. The number of hydrogen-bond acceptors (Lipinski definition) is 2. The minimum absolute atomic E-state index is 0.118. The van der Waals surface area contributed by atoms with Crippen LogP contribution in [0, 0.1) is 0 Å². The Labute approximate surface area is 125 Å². The molecule has 0 heterocycles. The van der Waals surface area contributed by atoms with Gasteiger partial charge in [-0.2, -0.15) is 0 Å². The normalized spacial score (nSPS) is 10.6. The van der Waals surface area contributed by atoms with E-state index in [4.69, 9.17) is 0 Å². The fourth-order valence-electron chi connectivity index (χ4n) is 2.43. The van der Waals surface area contributed by atoms with Gasteiger partial charge in [-0.05, 0) is 48.4 Å². The molecule has 2 heteroatoms. The highest BCUT2D eigenvalue weighted by Crippen LogP contribution is 2.24. The van der Waals surface area contributed by atoms with E-state index in [1.807, 2.05) is 36.6 Å². The lowest BCUT2D eigenvalue weighted by Crippen LogP contribution is -2.05. The molecule has 2 aromatic rings. The number of rotatable bonds is 5. The molecule has 0 radical (unpaired) electrons. The molecular formula is C18H20OS. The van der Waals surface area contributed by atoms with Crippen molar-refractivity contribution in [2.75, 3.05) is 6.26 Å². The van der Waals surface area contributed by atoms with E-state index < -0.39 is 0 Å². The van der Waals surface area contributed by atoms with Crippen molar-refractivity contribution in [3.8, 4) is 0 Å². The molecule has 0 bridgehead atoms. The summed E-state index contributed by atoms with van der Waals surface area (Å²) in [5.74, 6) is 0.118. The Morgan fingerprint density at radius 2 is 1.70 bits per heavy atom. The van der Waals surface area contributed by atoms with E-state index >= 15 is 0 Å². The van der Waals surface area contributed by atoms with Gasteiger partial charge in [0.05, 0.1) is 0 Å². The third kappa shape index (κ3) is 2.96. The van der Waals surface area contributed by atoms with E-state index in [-0.39, 0.29) is 5.78 Å². The largest absolute Gasteiger partial charge is 0.289 e. The van der Waals surface area contributed by atoms with E-state index in [1.165, 1.54) is 11.1 Å². The van der Waals surface area contributed by atoms with Gasteiger partial charge < -0.3 is 0 Å². The molecule has 2 rings (SSSR count). The number of aryl methyl sites for hydroxylation is 2. The third-order valence-corrected chi connectivity index (χ3v) is 4.38. The van der Waals surface area contributed by atoms with Crippen LogP contribution < -0.4 is 0 Å². The van der Waals surface area contributed by atoms with Crippen molar-refractivity contribution >= 4 is 17.5 Å². The molecule has 0 amide bonds. The summed E-state index contributed by atoms with van der Waals surface area (Å²) in [5.41, 5.74) is 4.20. The average molecular weight is 284 g/mol. The smallest absolute Gasteiger partial charge is 0.194 e. The van der Waals surface area contributed by atoms with Crippen LogP contribution in [0.1, 0.15) is 40.9 Å². The van der Waals surface area contributed by atoms with Gasteiger partial charge in [0.15, 0.2) is 5.78 Å². The Kier molecular flexibility index (Phi) is 5.02. The van der Waals surface area contributed by atoms with Gasteiger partial charge in [-0.1, -0.05) is 38.1 Å². The summed E-state index contributed by atoms with van der Waals surface area (Å²) in [5, 5.41) is 0. The average Bonchev–Trinajstić information content (AvgIpc) is 2.53. The van der Waals surface area contributed by atoms with Gasteiger partial charge in [0, 0.05) is 16.0 Å². The van der Waals surface area contributed by atoms with Gasteiger partial charge >= 0.3 is 0 Å². The maximum Gasteiger partial charge on any atom is 0.194 e.